The molecule has 0 unspecified atom stereocenters. The number of amides is 1. The molecule has 0 aliphatic carbocycles. The van der Waals surface area contributed by atoms with Crippen molar-refractivity contribution in [3.05, 3.63) is 29.3 Å². The molecule has 3 N–H and O–H groups in total. The topological polar surface area (TPSA) is 66.6 Å². The van der Waals surface area contributed by atoms with Gasteiger partial charge in [-0.3, -0.25) is 4.79 Å². The van der Waals surface area contributed by atoms with Crippen molar-refractivity contribution >= 4 is 5.91 Å². The standard InChI is InChI=1S/C12H16N2O2/c13-5-3-12(16)14-6-4-9-1-2-11(15)7-10(9)8-14/h1-2,7,15H,3-6,8,13H2. The van der Waals surface area contributed by atoms with E-state index in [1.165, 1.54) is 5.56 Å². The minimum absolute atomic E-state index is 0.0940. The van der Waals surface area contributed by atoms with Crippen LogP contribution in [0.2, 0.25) is 0 Å². The van der Waals surface area contributed by atoms with Crippen molar-refractivity contribution in [2.75, 3.05) is 13.1 Å². The zero-order valence-corrected chi connectivity index (χ0v) is 9.15. The van der Waals surface area contributed by atoms with Crippen LogP contribution in [0.15, 0.2) is 18.2 Å². The van der Waals surface area contributed by atoms with Crippen molar-refractivity contribution in [1.82, 2.24) is 4.90 Å². The Morgan fingerprint density at radius 2 is 2.25 bits per heavy atom. The summed E-state index contributed by atoms with van der Waals surface area (Å²) in [6, 6.07) is 5.35. The van der Waals surface area contributed by atoms with Gasteiger partial charge in [-0.25, -0.2) is 0 Å². The molecule has 16 heavy (non-hydrogen) atoms. The number of rotatable bonds is 2. The molecule has 0 atom stereocenters. The SMILES string of the molecule is NCCC(=O)N1CCc2ccc(O)cc2C1. The van der Waals surface area contributed by atoms with Crippen molar-refractivity contribution in [3.63, 3.8) is 0 Å². The highest BCUT2D eigenvalue weighted by molar-refractivity contribution is 5.76. The Balaban J connectivity index is 2.13. The first-order valence-electron chi connectivity index (χ1n) is 5.49. The molecule has 0 saturated heterocycles. The van der Waals surface area contributed by atoms with E-state index in [1.807, 2.05) is 6.07 Å². The van der Waals surface area contributed by atoms with Crippen molar-refractivity contribution < 1.29 is 9.90 Å². The minimum atomic E-state index is 0.0940. The summed E-state index contributed by atoms with van der Waals surface area (Å²) in [7, 11) is 0. The summed E-state index contributed by atoms with van der Waals surface area (Å²) in [5, 5.41) is 9.39. The summed E-state index contributed by atoms with van der Waals surface area (Å²) in [4.78, 5) is 13.5. The lowest BCUT2D eigenvalue weighted by atomic mass is 9.99. The van der Waals surface area contributed by atoms with E-state index in [9.17, 15) is 9.90 Å². The summed E-state index contributed by atoms with van der Waals surface area (Å²) in [5.74, 6) is 0.350. The Morgan fingerprint density at radius 3 is 3.00 bits per heavy atom. The molecule has 0 bridgehead atoms. The Bertz CT molecular complexity index is 404. The average molecular weight is 220 g/mol. The lowest BCUT2D eigenvalue weighted by molar-refractivity contribution is -0.131. The van der Waals surface area contributed by atoms with Crippen LogP contribution in [-0.4, -0.2) is 29.0 Å². The number of nitrogens with zero attached hydrogens (tertiary/aromatic N) is 1. The van der Waals surface area contributed by atoms with E-state index in [0.717, 1.165) is 18.5 Å². The van der Waals surface area contributed by atoms with Crippen LogP contribution in [0.1, 0.15) is 17.5 Å². The van der Waals surface area contributed by atoms with Crippen molar-refractivity contribution in [1.29, 1.82) is 0 Å². The maximum absolute atomic E-state index is 11.7. The van der Waals surface area contributed by atoms with Gasteiger partial charge in [0.2, 0.25) is 5.91 Å². The molecule has 0 aromatic heterocycles. The van der Waals surface area contributed by atoms with Gasteiger partial charge < -0.3 is 15.7 Å². The number of phenols is 1. The van der Waals surface area contributed by atoms with Crippen LogP contribution in [0.5, 0.6) is 5.75 Å². The van der Waals surface area contributed by atoms with Gasteiger partial charge in [-0.1, -0.05) is 6.07 Å². The third-order valence-corrected chi connectivity index (χ3v) is 2.91. The van der Waals surface area contributed by atoms with Crippen LogP contribution >= 0.6 is 0 Å². The number of carbonyl (C=O) groups is 1. The Hall–Kier alpha value is -1.55. The fourth-order valence-corrected chi connectivity index (χ4v) is 2.04. The van der Waals surface area contributed by atoms with Crippen molar-refractivity contribution in [3.8, 4) is 5.75 Å². The van der Waals surface area contributed by atoms with Gasteiger partial charge in [-0.15, -0.1) is 0 Å². The number of fused-ring (bicyclic) bond motifs is 1. The zero-order chi connectivity index (χ0) is 11.5. The molecule has 1 aliphatic heterocycles. The fraction of sp³-hybridized carbons (Fsp3) is 0.417. The summed E-state index contributed by atoms with van der Waals surface area (Å²) < 4.78 is 0. The summed E-state index contributed by atoms with van der Waals surface area (Å²) >= 11 is 0. The molecule has 1 aliphatic rings. The molecule has 1 heterocycles. The van der Waals surface area contributed by atoms with E-state index in [0.29, 0.717) is 19.5 Å². The first-order chi connectivity index (χ1) is 7.70. The van der Waals surface area contributed by atoms with Gasteiger partial charge in [0.15, 0.2) is 0 Å². The predicted molar refractivity (Wildman–Crippen MR) is 60.9 cm³/mol. The third-order valence-electron chi connectivity index (χ3n) is 2.91. The second-order valence-corrected chi connectivity index (χ2v) is 4.06. The van der Waals surface area contributed by atoms with Gasteiger partial charge in [-0.2, -0.15) is 0 Å². The summed E-state index contributed by atoms with van der Waals surface area (Å²) in [5.41, 5.74) is 7.62. The van der Waals surface area contributed by atoms with Crippen LogP contribution in [0.4, 0.5) is 0 Å². The number of phenolic OH excluding ortho intramolecular Hbond substituents is 1. The van der Waals surface area contributed by atoms with E-state index in [1.54, 1.807) is 17.0 Å². The quantitative estimate of drug-likeness (QED) is 0.768. The number of nitrogens with two attached hydrogens (primary N) is 1. The van der Waals surface area contributed by atoms with Crippen LogP contribution in [0, 0.1) is 0 Å². The van der Waals surface area contributed by atoms with E-state index >= 15 is 0 Å². The van der Waals surface area contributed by atoms with E-state index in [4.69, 9.17) is 5.73 Å². The van der Waals surface area contributed by atoms with Crippen molar-refractivity contribution in [2.24, 2.45) is 5.73 Å². The molecule has 0 radical (unpaired) electrons. The molecule has 1 amide bonds. The molecule has 0 saturated carbocycles. The smallest absolute Gasteiger partial charge is 0.224 e. The van der Waals surface area contributed by atoms with Gasteiger partial charge in [0.05, 0.1) is 0 Å². The Kier molecular flexibility index (Phi) is 3.10. The summed E-state index contributed by atoms with van der Waals surface area (Å²) in [6.07, 6.45) is 1.25. The number of aromatic hydroxyl groups is 1. The first kappa shape index (κ1) is 11.0. The van der Waals surface area contributed by atoms with Crippen LogP contribution < -0.4 is 5.73 Å². The molecule has 1 aromatic rings. The first-order valence-corrected chi connectivity index (χ1v) is 5.49. The minimum Gasteiger partial charge on any atom is -0.508 e. The molecule has 0 fully saturated rings. The molecule has 0 spiro atoms. The lowest BCUT2D eigenvalue weighted by Crippen LogP contribution is -2.36. The second-order valence-electron chi connectivity index (χ2n) is 4.06. The molecule has 2 rings (SSSR count). The van der Waals surface area contributed by atoms with Gasteiger partial charge in [0, 0.05) is 26.1 Å². The Morgan fingerprint density at radius 1 is 1.44 bits per heavy atom. The molecular formula is C12H16N2O2. The second kappa shape index (κ2) is 4.53. The number of benzene rings is 1. The normalized spacial score (nSPS) is 14.7. The molecule has 4 nitrogen and oxygen atoms in total. The molecular weight excluding hydrogens is 204 g/mol. The van der Waals surface area contributed by atoms with Crippen LogP contribution in [0.25, 0.3) is 0 Å². The number of carbonyl (C=O) groups excluding carboxylic acids is 1. The van der Waals surface area contributed by atoms with E-state index in [2.05, 4.69) is 0 Å². The maximum atomic E-state index is 11.7. The average Bonchev–Trinajstić information content (AvgIpc) is 2.28. The lowest BCUT2D eigenvalue weighted by Gasteiger charge is -2.28. The highest BCUT2D eigenvalue weighted by Crippen LogP contribution is 2.23. The van der Waals surface area contributed by atoms with Crippen LogP contribution in [0.3, 0.4) is 0 Å². The fourth-order valence-electron chi connectivity index (χ4n) is 2.04. The van der Waals surface area contributed by atoms with Crippen LogP contribution in [-0.2, 0) is 17.8 Å². The maximum Gasteiger partial charge on any atom is 0.224 e. The highest BCUT2D eigenvalue weighted by atomic mass is 16.3. The third kappa shape index (κ3) is 2.17. The summed E-state index contributed by atoms with van der Waals surface area (Å²) in [6.45, 7) is 1.72. The number of hydrogen-bond donors (Lipinski definition) is 2. The van der Waals surface area contributed by atoms with E-state index < -0.39 is 0 Å². The largest absolute Gasteiger partial charge is 0.508 e. The van der Waals surface area contributed by atoms with E-state index in [-0.39, 0.29) is 11.7 Å². The van der Waals surface area contributed by atoms with Crippen molar-refractivity contribution in [2.45, 2.75) is 19.4 Å². The number of hydrogen-bond acceptors (Lipinski definition) is 3. The van der Waals surface area contributed by atoms with Gasteiger partial charge in [-0.05, 0) is 29.7 Å². The predicted octanol–water partition coefficient (Wildman–Crippen LogP) is 0.626. The highest BCUT2D eigenvalue weighted by Gasteiger charge is 2.19. The molecule has 4 heteroatoms. The monoisotopic (exact) mass is 220 g/mol. The molecule has 1 aromatic carbocycles. The van der Waals surface area contributed by atoms with Gasteiger partial charge in [0.1, 0.15) is 5.75 Å². The van der Waals surface area contributed by atoms with Gasteiger partial charge >= 0.3 is 0 Å². The van der Waals surface area contributed by atoms with Gasteiger partial charge in [0.25, 0.3) is 0 Å². The Labute approximate surface area is 94.7 Å². The zero-order valence-electron chi connectivity index (χ0n) is 9.15. The molecule has 86 valence electrons.